The van der Waals surface area contributed by atoms with E-state index in [0.29, 0.717) is 19.8 Å². The van der Waals surface area contributed by atoms with Crippen LogP contribution in [0.5, 0.6) is 5.75 Å². The van der Waals surface area contributed by atoms with Gasteiger partial charge in [0.25, 0.3) is 0 Å². The molecule has 17 heavy (non-hydrogen) atoms. The van der Waals surface area contributed by atoms with Crippen molar-refractivity contribution in [1.82, 2.24) is 0 Å². The second-order valence-electron chi connectivity index (χ2n) is 3.74. The Morgan fingerprint density at radius 1 is 1.24 bits per heavy atom. The standard InChI is InChI=1S/C14H21NO2/c1-2-3-4-8-16-9-10-17-14-7-5-6-13(11-14)12-15/h2,5-7,11H,1,3-4,8-10,12,15H2. The molecular weight excluding hydrogens is 214 g/mol. The minimum atomic E-state index is 0.537. The Hall–Kier alpha value is -1.32. The zero-order valence-electron chi connectivity index (χ0n) is 10.2. The van der Waals surface area contributed by atoms with Crippen molar-refractivity contribution in [3.05, 3.63) is 42.5 Å². The predicted octanol–water partition coefficient (Wildman–Crippen LogP) is 2.51. The second-order valence-corrected chi connectivity index (χ2v) is 3.74. The van der Waals surface area contributed by atoms with Crippen LogP contribution in [0.3, 0.4) is 0 Å². The SMILES string of the molecule is C=CCCCOCCOc1cccc(CN)c1. The summed E-state index contributed by atoms with van der Waals surface area (Å²) in [6, 6.07) is 7.82. The van der Waals surface area contributed by atoms with Crippen LogP contribution in [-0.4, -0.2) is 19.8 Å². The molecule has 2 N–H and O–H groups in total. The van der Waals surface area contributed by atoms with Crippen LogP contribution in [-0.2, 0) is 11.3 Å². The summed E-state index contributed by atoms with van der Waals surface area (Å²) in [4.78, 5) is 0. The minimum absolute atomic E-state index is 0.537. The molecule has 0 saturated carbocycles. The molecule has 0 radical (unpaired) electrons. The normalized spacial score (nSPS) is 10.2. The van der Waals surface area contributed by atoms with Gasteiger partial charge in [-0.2, -0.15) is 0 Å². The summed E-state index contributed by atoms with van der Waals surface area (Å²) in [6.45, 7) is 6.15. The molecule has 0 unspecified atom stereocenters. The molecule has 0 heterocycles. The molecule has 0 bridgehead atoms. The van der Waals surface area contributed by atoms with Crippen molar-refractivity contribution in [1.29, 1.82) is 0 Å². The lowest BCUT2D eigenvalue weighted by atomic mass is 10.2. The maximum absolute atomic E-state index is 5.55. The highest BCUT2D eigenvalue weighted by Gasteiger charge is 1.95. The molecule has 0 atom stereocenters. The van der Waals surface area contributed by atoms with Gasteiger partial charge in [-0.05, 0) is 30.5 Å². The lowest BCUT2D eigenvalue weighted by Crippen LogP contribution is -2.07. The first-order chi connectivity index (χ1) is 8.36. The molecule has 0 aliphatic rings. The van der Waals surface area contributed by atoms with Gasteiger partial charge >= 0.3 is 0 Å². The van der Waals surface area contributed by atoms with E-state index in [1.54, 1.807) is 0 Å². The Bertz CT molecular complexity index is 326. The number of nitrogens with two attached hydrogens (primary N) is 1. The van der Waals surface area contributed by atoms with Gasteiger partial charge in [0, 0.05) is 13.2 Å². The first-order valence-electron chi connectivity index (χ1n) is 5.97. The van der Waals surface area contributed by atoms with E-state index >= 15 is 0 Å². The summed E-state index contributed by atoms with van der Waals surface area (Å²) in [5.41, 5.74) is 6.63. The van der Waals surface area contributed by atoms with Crippen molar-refractivity contribution >= 4 is 0 Å². The molecule has 3 heteroatoms. The third-order valence-electron chi connectivity index (χ3n) is 2.33. The van der Waals surface area contributed by atoms with Crippen LogP contribution in [0.15, 0.2) is 36.9 Å². The van der Waals surface area contributed by atoms with Gasteiger partial charge in [-0.3, -0.25) is 0 Å². The van der Waals surface area contributed by atoms with E-state index in [0.717, 1.165) is 30.8 Å². The van der Waals surface area contributed by atoms with E-state index in [4.69, 9.17) is 15.2 Å². The predicted molar refractivity (Wildman–Crippen MR) is 70.1 cm³/mol. The van der Waals surface area contributed by atoms with Crippen molar-refractivity contribution < 1.29 is 9.47 Å². The molecule has 0 spiro atoms. The molecule has 0 aliphatic carbocycles. The average Bonchev–Trinajstić information content (AvgIpc) is 2.38. The highest BCUT2D eigenvalue weighted by Crippen LogP contribution is 2.12. The van der Waals surface area contributed by atoms with Crippen molar-refractivity contribution in [3.63, 3.8) is 0 Å². The van der Waals surface area contributed by atoms with E-state index in [1.807, 2.05) is 30.3 Å². The first kappa shape index (κ1) is 13.7. The third-order valence-corrected chi connectivity index (χ3v) is 2.33. The number of ether oxygens (including phenoxy) is 2. The maximum Gasteiger partial charge on any atom is 0.119 e. The van der Waals surface area contributed by atoms with Gasteiger partial charge in [-0.25, -0.2) is 0 Å². The molecule has 0 fully saturated rings. The van der Waals surface area contributed by atoms with Crippen molar-refractivity contribution in [3.8, 4) is 5.75 Å². The monoisotopic (exact) mass is 235 g/mol. The highest BCUT2D eigenvalue weighted by atomic mass is 16.5. The van der Waals surface area contributed by atoms with Gasteiger partial charge in [0.1, 0.15) is 12.4 Å². The van der Waals surface area contributed by atoms with Crippen molar-refractivity contribution in [2.75, 3.05) is 19.8 Å². The Morgan fingerprint density at radius 3 is 2.88 bits per heavy atom. The summed E-state index contributed by atoms with van der Waals surface area (Å²) in [5, 5.41) is 0. The topological polar surface area (TPSA) is 44.5 Å². The summed E-state index contributed by atoms with van der Waals surface area (Å²) in [7, 11) is 0. The molecule has 1 aromatic carbocycles. The number of hydrogen-bond donors (Lipinski definition) is 1. The molecule has 1 aromatic rings. The number of hydrogen-bond acceptors (Lipinski definition) is 3. The first-order valence-corrected chi connectivity index (χ1v) is 5.97. The van der Waals surface area contributed by atoms with Gasteiger partial charge in [-0.1, -0.05) is 18.2 Å². The number of benzene rings is 1. The fourth-order valence-electron chi connectivity index (χ4n) is 1.41. The summed E-state index contributed by atoms with van der Waals surface area (Å²) >= 11 is 0. The van der Waals surface area contributed by atoms with Gasteiger partial charge in [-0.15, -0.1) is 6.58 Å². The maximum atomic E-state index is 5.55. The second kappa shape index (κ2) is 8.79. The van der Waals surface area contributed by atoms with E-state index in [-0.39, 0.29) is 0 Å². The van der Waals surface area contributed by atoms with Crippen LogP contribution in [0, 0.1) is 0 Å². The van der Waals surface area contributed by atoms with Crippen LogP contribution in [0.1, 0.15) is 18.4 Å². The smallest absolute Gasteiger partial charge is 0.119 e. The third kappa shape index (κ3) is 6.09. The summed E-state index contributed by atoms with van der Waals surface area (Å²) in [6.07, 6.45) is 3.92. The van der Waals surface area contributed by atoms with Gasteiger partial charge < -0.3 is 15.2 Å². The van der Waals surface area contributed by atoms with Crippen molar-refractivity contribution in [2.24, 2.45) is 5.73 Å². The van der Waals surface area contributed by atoms with Crippen molar-refractivity contribution in [2.45, 2.75) is 19.4 Å². The summed E-state index contributed by atoms with van der Waals surface area (Å²) in [5.74, 6) is 0.850. The fraction of sp³-hybridized carbons (Fsp3) is 0.429. The van der Waals surface area contributed by atoms with Crippen LogP contribution >= 0.6 is 0 Å². The van der Waals surface area contributed by atoms with E-state index < -0.39 is 0 Å². The Labute approximate surface area is 103 Å². The Balaban J connectivity index is 2.11. The largest absolute Gasteiger partial charge is 0.491 e. The number of unbranched alkanes of at least 4 members (excludes halogenated alkanes) is 1. The number of rotatable bonds is 9. The van der Waals surface area contributed by atoms with E-state index in [9.17, 15) is 0 Å². The molecule has 94 valence electrons. The minimum Gasteiger partial charge on any atom is -0.491 e. The molecule has 0 saturated heterocycles. The van der Waals surface area contributed by atoms with Crippen LogP contribution in [0.2, 0.25) is 0 Å². The molecule has 0 aromatic heterocycles. The van der Waals surface area contributed by atoms with E-state index in [2.05, 4.69) is 6.58 Å². The van der Waals surface area contributed by atoms with Crippen LogP contribution < -0.4 is 10.5 Å². The molecule has 3 nitrogen and oxygen atoms in total. The molecule has 0 aliphatic heterocycles. The number of allylic oxidation sites excluding steroid dienone is 1. The lowest BCUT2D eigenvalue weighted by molar-refractivity contribution is 0.0988. The Kier molecular flexibility index (Phi) is 7.11. The zero-order chi connectivity index (χ0) is 12.3. The van der Waals surface area contributed by atoms with Crippen LogP contribution in [0.25, 0.3) is 0 Å². The quantitative estimate of drug-likeness (QED) is 0.528. The molecule has 1 rings (SSSR count). The molecule has 0 amide bonds. The Morgan fingerprint density at radius 2 is 2.12 bits per heavy atom. The van der Waals surface area contributed by atoms with Gasteiger partial charge in [0.05, 0.1) is 6.61 Å². The molecular formula is C14H21NO2. The lowest BCUT2D eigenvalue weighted by Gasteiger charge is -2.07. The van der Waals surface area contributed by atoms with Crippen LogP contribution in [0.4, 0.5) is 0 Å². The van der Waals surface area contributed by atoms with Gasteiger partial charge in [0.15, 0.2) is 0 Å². The zero-order valence-corrected chi connectivity index (χ0v) is 10.2. The van der Waals surface area contributed by atoms with E-state index in [1.165, 1.54) is 0 Å². The highest BCUT2D eigenvalue weighted by molar-refractivity contribution is 5.28. The van der Waals surface area contributed by atoms with Gasteiger partial charge in [0.2, 0.25) is 0 Å². The average molecular weight is 235 g/mol. The summed E-state index contributed by atoms with van der Waals surface area (Å²) < 4.78 is 11.0. The fourth-order valence-corrected chi connectivity index (χ4v) is 1.41.